The van der Waals surface area contributed by atoms with Crippen molar-refractivity contribution in [2.24, 2.45) is 11.8 Å². The highest BCUT2D eigenvalue weighted by Gasteiger charge is 2.09. The van der Waals surface area contributed by atoms with Crippen molar-refractivity contribution in [2.75, 3.05) is 25.0 Å². The molecule has 0 heterocycles. The van der Waals surface area contributed by atoms with Crippen LogP contribution in [0.15, 0.2) is 0 Å². The summed E-state index contributed by atoms with van der Waals surface area (Å²) in [6.07, 6.45) is 3.14. The molecule has 0 radical (unpaired) electrons. The molecule has 0 aliphatic heterocycles. The van der Waals surface area contributed by atoms with E-state index in [9.17, 15) is 0 Å². The van der Waals surface area contributed by atoms with E-state index in [0.29, 0.717) is 12.3 Å². The Kier molecular flexibility index (Phi) is 10.1. The van der Waals surface area contributed by atoms with Crippen molar-refractivity contribution < 1.29 is 0 Å². The summed E-state index contributed by atoms with van der Waals surface area (Å²) in [4.78, 5) is 2.43. The van der Waals surface area contributed by atoms with Crippen molar-refractivity contribution in [3.63, 3.8) is 0 Å². The minimum absolute atomic E-state index is 0.652. The van der Waals surface area contributed by atoms with Crippen LogP contribution in [0.2, 0.25) is 0 Å². The van der Waals surface area contributed by atoms with Crippen LogP contribution in [0.5, 0.6) is 0 Å². The van der Waals surface area contributed by atoms with Crippen molar-refractivity contribution in [3.8, 4) is 6.07 Å². The Hall–Kier alpha value is -0.0700. The van der Waals surface area contributed by atoms with E-state index in [-0.39, 0.29) is 0 Å². The lowest BCUT2D eigenvalue weighted by Gasteiger charge is -2.24. The van der Waals surface area contributed by atoms with E-state index < -0.39 is 0 Å². The molecule has 0 bridgehead atoms. The average molecular weight is 289 g/mol. The van der Waals surface area contributed by atoms with Gasteiger partial charge in [-0.25, -0.2) is 0 Å². The molecule has 0 saturated heterocycles. The Morgan fingerprint density at radius 2 is 1.88 bits per heavy atom. The van der Waals surface area contributed by atoms with Gasteiger partial charge in [0.2, 0.25) is 0 Å². The second kappa shape index (κ2) is 10.1. The molecule has 0 rings (SSSR count). The van der Waals surface area contributed by atoms with Gasteiger partial charge in [-0.1, -0.05) is 36.7 Å². The highest BCUT2D eigenvalue weighted by Crippen LogP contribution is 2.11. The molecule has 1 atom stereocenters. The zero-order chi connectivity index (χ0) is 12.4. The number of rotatable bonds is 9. The molecule has 0 aromatic heterocycles. The lowest BCUT2D eigenvalue weighted by atomic mass is 10.0. The summed E-state index contributed by atoms with van der Waals surface area (Å²) in [5, 5.41) is 9.72. The Bertz CT molecular complexity index is 199. The number of halogens is 1. The van der Waals surface area contributed by atoms with Crippen molar-refractivity contribution in [3.05, 3.63) is 0 Å². The van der Waals surface area contributed by atoms with E-state index in [1.807, 2.05) is 0 Å². The summed E-state index contributed by atoms with van der Waals surface area (Å²) in [6.45, 7) is 9.95. The first kappa shape index (κ1) is 15.9. The van der Waals surface area contributed by atoms with Crippen LogP contribution in [0.3, 0.4) is 0 Å². The molecule has 0 aliphatic rings. The molecular weight excluding hydrogens is 264 g/mol. The fraction of sp³-hybridized carbons (Fsp3) is 0.923. The molecule has 0 N–H and O–H groups in total. The van der Waals surface area contributed by atoms with Crippen LogP contribution in [0.4, 0.5) is 0 Å². The number of hydrogen-bond donors (Lipinski definition) is 0. The normalized spacial score (nSPS) is 13.1. The summed E-state index contributed by atoms with van der Waals surface area (Å²) in [7, 11) is 0. The molecule has 1 unspecified atom stereocenters. The van der Waals surface area contributed by atoms with Gasteiger partial charge >= 0.3 is 0 Å². The third kappa shape index (κ3) is 9.18. The van der Waals surface area contributed by atoms with Crippen LogP contribution in [0.25, 0.3) is 0 Å². The Labute approximate surface area is 109 Å². The van der Waals surface area contributed by atoms with E-state index in [2.05, 4.69) is 47.7 Å². The Balaban J connectivity index is 3.86. The Morgan fingerprint density at radius 3 is 2.38 bits per heavy atom. The molecule has 0 fully saturated rings. The molecule has 0 aromatic rings. The average Bonchev–Trinajstić information content (AvgIpc) is 2.22. The highest BCUT2D eigenvalue weighted by molar-refractivity contribution is 9.09. The van der Waals surface area contributed by atoms with Gasteiger partial charge in [-0.2, -0.15) is 5.26 Å². The van der Waals surface area contributed by atoms with Crippen LogP contribution in [0.1, 0.15) is 40.0 Å². The third-order valence-corrected chi connectivity index (χ3v) is 3.16. The topological polar surface area (TPSA) is 27.0 Å². The molecule has 0 aliphatic carbocycles. The van der Waals surface area contributed by atoms with E-state index in [1.165, 1.54) is 12.8 Å². The van der Waals surface area contributed by atoms with Gasteiger partial charge in [0.05, 0.1) is 6.07 Å². The largest absolute Gasteiger partial charge is 0.302 e. The van der Waals surface area contributed by atoms with E-state index in [1.54, 1.807) is 0 Å². The standard InChI is InChI=1S/C13H25BrN2/c1-12(2)11-16(9-4-8-15)10-6-13(3)5-7-14/h12-13H,4-7,9-11H2,1-3H3. The zero-order valence-corrected chi connectivity index (χ0v) is 12.5. The number of alkyl halides is 1. The van der Waals surface area contributed by atoms with Crippen molar-refractivity contribution >= 4 is 15.9 Å². The Morgan fingerprint density at radius 1 is 1.19 bits per heavy atom. The smallest absolute Gasteiger partial charge is 0.0635 e. The van der Waals surface area contributed by atoms with Crippen molar-refractivity contribution in [2.45, 2.75) is 40.0 Å². The summed E-state index contributed by atoms with van der Waals surface area (Å²) < 4.78 is 0. The number of nitrogens with zero attached hydrogens (tertiary/aromatic N) is 2. The lowest BCUT2D eigenvalue weighted by Crippen LogP contribution is -2.30. The predicted molar refractivity (Wildman–Crippen MR) is 73.7 cm³/mol. The minimum atomic E-state index is 0.652. The van der Waals surface area contributed by atoms with Gasteiger partial charge in [-0.15, -0.1) is 0 Å². The number of hydrogen-bond acceptors (Lipinski definition) is 2. The second-order valence-corrected chi connectivity index (χ2v) is 5.77. The van der Waals surface area contributed by atoms with Crippen LogP contribution >= 0.6 is 15.9 Å². The van der Waals surface area contributed by atoms with Gasteiger partial charge in [-0.3, -0.25) is 0 Å². The van der Waals surface area contributed by atoms with E-state index in [0.717, 1.165) is 30.9 Å². The maximum Gasteiger partial charge on any atom is 0.0635 e. The molecule has 0 spiro atoms. The molecule has 3 heteroatoms. The zero-order valence-electron chi connectivity index (χ0n) is 10.9. The summed E-state index contributed by atoms with van der Waals surface area (Å²) in [5.74, 6) is 1.46. The predicted octanol–water partition coefficient (Wildman–Crippen LogP) is 3.67. The van der Waals surface area contributed by atoms with Crippen LogP contribution in [-0.2, 0) is 0 Å². The van der Waals surface area contributed by atoms with E-state index in [4.69, 9.17) is 5.26 Å². The van der Waals surface area contributed by atoms with Crippen LogP contribution < -0.4 is 0 Å². The SMILES string of the molecule is CC(C)CN(CCC#N)CCC(C)CCBr. The molecule has 2 nitrogen and oxygen atoms in total. The summed E-state index contributed by atoms with van der Waals surface area (Å²) in [6, 6.07) is 2.24. The van der Waals surface area contributed by atoms with Gasteiger partial charge in [0.15, 0.2) is 0 Å². The molecule has 94 valence electrons. The summed E-state index contributed by atoms with van der Waals surface area (Å²) in [5.41, 5.74) is 0. The lowest BCUT2D eigenvalue weighted by molar-refractivity contribution is 0.232. The fourth-order valence-electron chi connectivity index (χ4n) is 1.75. The van der Waals surface area contributed by atoms with Crippen LogP contribution in [-0.4, -0.2) is 29.9 Å². The van der Waals surface area contributed by atoms with Gasteiger partial charge in [0, 0.05) is 24.8 Å². The number of nitriles is 1. The third-order valence-electron chi connectivity index (χ3n) is 2.70. The van der Waals surface area contributed by atoms with Gasteiger partial charge in [0.1, 0.15) is 0 Å². The molecular formula is C13H25BrN2. The maximum absolute atomic E-state index is 8.63. The van der Waals surface area contributed by atoms with Gasteiger partial charge < -0.3 is 4.90 Å². The van der Waals surface area contributed by atoms with Crippen molar-refractivity contribution in [1.82, 2.24) is 4.90 Å². The maximum atomic E-state index is 8.63. The molecule has 0 saturated carbocycles. The van der Waals surface area contributed by atoms with Gasteiger partial charge in [0.25, 0.3) is 0 Å². The highest BCUT2D eigenvalue weighted by atomic mass is 79.9. The molecule has 0 amide bonds. The first-order valence-electron chi connectivity index (χ1n) is 6.25. The quantitative estimate of drug-likeness (QED) is 0.606. The minimum Gasteiger partial charge on any atom is -0.302 e. The first-order valence-corrected chi connectivity index (χ1v) is 7.37. The van der Waals surface area contributed by atoms with Crippen molar-refractivity contribution in [1.29, 1.82) is 5.26 Å². The van der Waals surface area contributed by atoms with Crippen LogP contribution in [0, 0.1) is 23.2 Å². The first-order chi connectivity index (χ1) is 7.60. The molecule has 0 aromatic carbocycles. The van der Waals surface area contributed by atoms with Gasteiger partial charge in [-0.05, 0) is 31.2 Å². The monoisotopic (exact) mass is 288 g/mol. The fourth-order valence-corrected chi connectivity index (χ4v) is 2.53. The summed E-state index contributed by atoms with van der Waals surface area (Å²) >= 11 is 3.48. The molecule has 16 heavy (non-hydrogen) atoms. The van der Waals surface area contributed by atoms with E-state index >= 15 is 0 Å². The second-order valence-electron chi connectivity index (χ2n) is 4.97.